The van der Waals surface area contributed by atoms with E-state index in [1.165, 1.54) is 38.1 Å². The maximum absolute atomic E-state index is 5.32. The van der Waals surface area contributed by atoms with Crippen molar-refractivity contribution in [2.24, 2.45) is 0 Å². The Labute approximate surface area is 325 Å². The molecule has 0 fully saturated rings. The zero-order valence-electron chi connectivity index (χ0n) is 30.5. The largest absolute Gasteiger partial charge is 0.308 e. The van der Waals surface area contributed by atoms with Crippen molar-refractivity contribution >= 4 is 81.7 Å². The van der Waals surface area contributed by atoms with Crippen LogP contribution in [0.1, 0.15) is 0 Å². The number of aromatic nitrogens is 6. The zero-order chi connectivity index (χ0) is 37.2. The number of hydrogen-bond donors (Lipinski definition) is 0. The second-order valence-electron chi connectivity index (χ2n) is 14.9. The molecule has 5 aromatic heterocycles. The first-order valence-electron chi connectivity index (χ1n) is 19.3. The van der Waals surface area contributed by atoms with Crippen LogP contribution in [0.3, 0.4) is 0 Å². The summed E-state index contributed by atoms with van der Waals surface area (Å²) in [7, 11) is 0. The van der Waals surface area contributed by atoms with E-state index < -0.39 is 0 Å². The predicted octanol–water partition coefficient (Wildman–Crippen LogP) is 12.5. The molecule has 0 saturated carbocycles. The molecule has 0 bridgehead atoms. The Hall–Kier alpha value is -7.83. The Morgan fingerprint density at radius 2 is 0.684 bits per heavy atom. The van der Waals surface area contributed by atoms with Crippen molar-refractivity contribution in [3.8, 4) is 34.4 Å². The van der Waals surface area contributed by atoms with Crippen LogP contribution in [-0.4, -0.2) is 28.5 Å². The lowest BCUT2D eigenvalue weighted by Gasteiger charge is -2.13. The molecule has 0 saturated heterocycles. The highest BCUT2D eigenvalue weighted by Gasteiger charge is 2.21. The van der Waals surface area contributed by atoms with E-state index in [0.717, 1.165) is 60.3 Å². The van der Waals surface area contributed by atoms with Crippen LogP contribution < -0.4 is 0 Å². The van der Waals surface area contributed by atoms with Gasteiger partial charge in [-0.1, -0.05) is 140 Å². The Balaban J connectivity index is 1.06. The highest BCUT2D eigenvalue weighted by molar-refractivity contribution is 6.23. The summed E-state index contributed by atoms with van der Waals surface area (Å²) < 4.78 is 6.79. The minimum atomic E-state index is 0.568. The van der Waals surface area contributed by atoms with Crippen LogP contribution in [0, 0.1) is 0 Å². The average Bonchev–Trinajstić information content (AvgIpc) is 4.01. The highest BCUT2D eigenvalue weighted by Crippen LogP contribution is 2.41. The lowest BCUT2D eigenvalue weighted by atomic mass is 10.0. The number of benzene rings is 8. The first kappa shape index (κ1) is 30.5. The maximum atomic E-state index is 5.32. The molecule has 0 unspecified atom stereocenters. The van der Waals surface area contributed by atoms with E-state index >= 15 is 0 Å². The molecule has 0 aliphatic heterocycles. The standard InChI is InChI=1S/C51H30N6/c1-7-23-43-34(15-1)35-16-2-8-24-44(35)56(43)50-52-49(53-51(54-50)57-45-25-9-3-17-36(45)37-18-4-10-26-46(37)57)33-14-11-13-31(29-33)32-27-28-39-41-21-12-20-40-38-19-5-6-22-42(38)55(48(40)41)47(39)30-32/h1-30H. The predicted molar refractivity (Wildman–Crippen MR) is 234 cm³/mol. The van der Waals surface area contributed by atoms with E-state index in [9.17, 15) is 0 Å². The Morgan fingerprint density at radius 1 is 0.281 bits per heavy atom. The minimum absolute atomic E-state index is 0.568. The van der Waals surface area contributed by atoms with Gasteiger partial charge in [-0.25, -0.2) is 0 Å². The van der Waals surface area contributed by atoms with Crippen molar-refractivity contribution in [1.29, 1.82) is 0 Å². The molecule has 0 N–H and O–H groups in total. The van der Waals surface area contributed by atoms with Gasteiger partial charge in [-0.15, -0.1) is 0 Å². The molecule has 0 aliphatic carbocycles. The summed E-state index contributed by atoms with van der Waals surface area (Å²) in [5.41, 5.74) is 11.0. The number of para-hydroxylation sites is 6. The van der Waals surface area contributed by atoms with E-state index in [0.29, 0.717) is 17.7 Å². The van der Waals surface area contributed by atoms with Gasteiger partial charge in [0.05, 0.1) is 38.6 Å². The van der Waals surface area contributed by atoms with E-state index in [1.807, 2.05) is 0 Å². The summed E-state index contributed by atoms with van der Waals surface area (Å²) in [5, 5.41) is 9.72. The second-order valence-corrected chi connectivity index (χ2v) is 14.9. The molecule has 8 aromatic carbocycles. The van der Waals surface area contributed by atoms with Gasteiger partial charge in [0.25, 0.3) is 0 Å². The quantitative estimate of drug-likeness (QED) is 0.181. The third-order valence-corrected chi connectivity index (χ3v) is 11.8. The molecule has 0 radical (unpaired) electrons. The van der Waals surface area contributed by atoms with Gasteiger partial charge < -0.3 is 4.40 Å². The molecular weight excluding hydrogens is 697 g/mol. The first-order valence-corrected chi connectivity index (χ1v) is 19.3. The molecule has 13 rings (SSSR count). The molecule has 5 heterocycles. The van der Waals surface area contributed by atoms with Crippen LogP contribution in [0.4, 0.5) is 0 Å². The highest BCUT2D eigenvalue weighted by atomic mass is 15.3. The number of fused-ring (bicyclic) bond motifs is 12. The molecule has 57 heavy (non-hydrogen) atoms. The van der Waals surface area contributed by atoms with Crippen LogP contribution in [0.25, 0.3) is 116 Å². The monoisotopic (exact) mass is 726 g/mol. The van der Waals surface area contributed by atoms with Crippen molar-refractivity contribution in [1.82, 2.24) is 28.5 Å². The van der Waals surface area contributed by atoms with Gasteiger partial charge in [0, 0.05) is 48.7 Å². The third-order valence-electron chi connectivity index (χ3n) is 11.8. The Kier molecular flexibility index (Phi) is 6.07. The molecule has 13 aromatic rings. The van der Waals surface area contributed by atoms with Gasteiger partial charge in [-0.3, -0.25) is 9.13 Å². The zero-order valence-corrected chi connectivity index (χ0v) is 30.5. The topological polar surface area (TPSA) is 52.9 Å². The van der Waals surface area contributed by atoms with Crippen LogP contribution >= 0.6 is 0 Å². The van der Waals surface area contributed by atoms with Crippen molar-refractivity contribution in [2.45, 2.75) is 0 Å². The summed E-state index contributed by atoms with van der Waals surface area (Å²) in [5.74, 6) is 1.74. The average molecular weight is 727 g/mol. The molecule has 6 nitrogen and oxygen atoms in total. The SMILES string of the molecule is c1cc(-c2ccc3c4cccc5c6ccccc6n(c3c2)c54)cc(-c2nc(-n3c4ccccc4c4ccccc43)nc(-n3c4ccccc4c4ccccc43)n2)c1. The molecule has 6 heteroatoms. The first-order chi connectivity index (χ1) is 28.3. The van der Waals surface area contributed by atoms with Crippen molar-refractivity contribution in [2.75, 3.05) is 0 Å². The lowest BCUT2D eigenvalue weighted by Crippen LogP contribution is -2.10. The fourth-order valence-electron chi connectivity index (χ4n) is 9.41. The summed E-state index contributed by atoms with van der Waals surface area (Å²) in [6, 6.07) is 64.8. The Bertz CT molecular complexity index is 3530. The van der Waals surface area contributed by atoms with Crippen LogP contribution in [0.5, 0.6) is 0 Å². The Morgan fingerprint density at radius 3 is 1.23 bits per heavy atom. The van der Waals surface area contributed by atoms with E-state index in [2.05, 4.69) is 196 Å². The number of nitrogens with zero attached hydrogens (tertiary/aromatic N) is 6. The van der Waals surface area contributed by atoms with Crippen molar-refractivity contribution in [3.63, 3.8) is 0 Å². The smallest absolute Gasteiger partial charge is 0.240 e. The van der Waals surface area contributed by atoms with Gasteiger partial charge in [-0.05, 0) is 53.6 Å². The van der Waals surface area contributed by atoms with E-state index in [-0.39, 0.29) is 0 Å². The van der Waals surface area contributed by atoms with Crippen LogP contribution in [0.2, 0.25) is 0 Å². The molecule has 0 amide bonds. The van der Waals surface area contributed by atoms with Crippen molar-refractivity contribution < 1.29 is 0 Å². The molecule has 264 valence electrons. The third kappa shape index (κ3) is 4.21. The van der Waals surface area contributed by atoms with Gasteiger partial charge in [0.2, 0.25) is 11.9 Å². The van der Waals surface area contributed by atoms with E-state index in [4.69, 9.17) is 15.0 Å². The maximum Gasteiger partial charge on any atom is 0.240 e. The fourth-order valence-corrected chi connectivity index (χ4v) is 9.41. The van der Waals surface area contributed by atoms with Crippen molar-refractivity contribution in [3.05, 3.63) is 182 Å². The van der Waals surface area contributed by atoms with Crippen LogP contribution in [-0.2, 0) is 0 Å². The second kappa shape index (κ2) is 11.4. The molecular formula is C51H30N6. The number of rotatable bonds is 4. The van der Waals surface area contributed by atoms with E-state index in [1.54, 1.807) is 0 Å². The summed E-state index contributed by atoms with van der Waals surface area (Å²) in [4.78, 5) is 15.9. The van der Waals surface area contributed by atoms with Gasteiger partial charge >= 0.3 is 0 Å². The summed E-state index contributed by atoms with van der Waals surface area (Å²) in [6.45, 7) is 0. The molecule has 0 atom stereocenters. The molecule has 0 spiro atoms. The van der Waals surface area contributed by atoms with Crippen LogP contribution in [0.15, 0.2) is 182 Å². The lowest BCUT2D eigenvalue weighted by molar-refractivity contribution is 0.893. The minimum Gasteiger partial charge on any atom is -0.308 e. The normalized spacial score (nSPS) is 12.2. The van der Waals surface area contributed by atoms with Gasteiger partial charge in [0.1, 0.15) is 0 Å². The molecule has 0 aliphatic rings. The summed E-state index contributed by atoms with van der Waals surface area (Å²) >= 11 is 0. The van der Waals surface area contributed by atoms with Gasteiger partial charge in [-0.2, -0.15) is 15.0 Å². The number of hydrogen-bond acceptors (Lipinski definition) is 3. The fraction of sp³-hybridized carbons (Fsp3) is 0. The van der Waals surface area contributed by atoms with Gasteiger partial charge in [0.15, 0.2) is 5.82 Å². The summed E-state index contributed by atoms with van der Waals surface area (Å²) in [6.07, 6.45) is 0.